The van der Waals surface area contributed by atoms with Crippen LogP contribution in [0.5, 0.6) is 5.75 Å². The van der Waals surface area contributed by atoms with Crippen molar-refractivity contribution in [2.45, 2.75) is 31.1 Å². The molecule has 0 heterocycles. The van der Waals surface area contributed by atoms with Crippen LogP contribution < -0.4 is 4.74 Å². The van der Waals surface area contributed by atoms with Gasteiger partial charge in [0.05, 0.1) is 11.6 Å². The molecule has 1 aliphatic carbocycles. The summed E-state index contributed by atoms with van der Waals surface area (Å²) in [5, 5.41) is 0.395. The zero-order chi connectivity index (χ0) is 11.5. The SMILES string of the molecule is COc1ccc(CC2CCC(Cl)C2)cc1Br. The van der Waals surface area contributed by atoms with E-state index in [0.29, 0.717) is 5.38 Å². The van der Waals surface area contributed by atoms with Gasteiger partial charge in [0.25, 0.3) is 0 Å². The van der Waals surface area contributed by atoms with Crippen molar-refractivity contribution in [1.29, 1.82) is 0 Å². The number of rotatable bonds is 3. The highest BCUT2D eigenvalue weighted by molar-refractivity contribution is 9.10. The van der Waals surface area contributed by atoms with Gasteiger partial charge in [0.1, 0.15) is 5.75 Å². The second kappa shape index (κ2) is 5.42. The Morgan fingerprint density at radius 3 is 2.81 bits per heavy atom. The Balaban J connectivity index is 2.02. The molecule has 3 heteroatoms. The summed E-state index contributed by atoms with van der Waals surface area (Å²) in [6.45, 7) is 0. The maximum atomic E-state index is 6.12. The molecule has 0 saturated heterocycles. The average molecular weight is 304 g/mol. The maximum Gasteiger partial charge on any atom is 0.133 e. The van der Waals surface area contributed by atoms with E-state index in [1.54, 1.807) is 7.11 Å². The first-order valence-electron chi connectivity index (χ1n) is 5.65. The highest BCUT2D eigenvalue weighted by Crippen LogP contribution is 2.33. The lowest BCUT2D eigenvalue weighted by molar-refractivity contribution is 0.411. The van der Waals surface area contributed by atoms with Crippen LogP contribution in [0.15, 0.2) is 22.7 Å². The summed E-state index contributed by atoms with van der Waals surface area (Å²) in [7, 11) is 1.69. The number of hydrogen-bond donors (Lipinski definition) is 0. The van der Waals surface area contributed by atoms with Crippen LogP contribution in [0.4, 0.5) is 0 Å². The van der Waals surface area contributed by atoms with Crippen LogP contribution in [0.2, 0.25) is 0 Å². The highest BCUT2D eigenvalue weighted by Gasteiger charge is 2.22. The summed E-state index contributed by atoms with van der Waals surface area (Å²) in [6, 6.07) is 6.32. The second-order valence-corrected chi connectivity index (χ2v) is 5.92. The zero-order valence-electron chi connectivity index (χ0n) is 9.38. The molecular formula is C13H16BrClO. The summed E-state index contributed by atoms with van der Waals surface area (Å²) in [6.07, 6.45) is 4.72. The Morgan fingerprint density at radius 2 is 2.25 bits per heavy atom. The van der Waals surface area contributed by atoms with Gasteiger partial charge in [-0.05, 0) is 65.2 Å². The largest absolute Gasteiger partial charge is 0.496 e. The summed E-state index contributed by atoms with van der Waals surface area (Å²) in [4.78, 5) is 0. The van der Waals surface area contributed by atoms with E-state index >= 15 is 0 Å². The summed E-state index contributed by atoms with van der Waals surface area (Å²) in [5.41, 5.74) is 1.36. The lowest BCUT2D eigenvalue weighted by Crippen LogP contribution is -2.00. The fraction of sp³-hybridized carbons (Fsp3) is 0.538. The van der Waals surface area contributed by atoms with Gasteiger partial charge >= 0.3 is 0 Å². The molecule has 0 spiro atoms. The third-order valence-corrected chi connectivity index (χ3v) is 4.23. The third-order valence-electron chi connectivity index (χ3n) is 3.22. The highest BCUT2D eigenvalue weighted by atomic mass is 79.9. The lowest BCUT2D eigenvalue weighted by Gasteiger charge is -2.11. The van der Waals surface area contributed by atoms with Gasteiger partial charge in [-0.15, -0.1) is 11.6 Å². The van der Waals surface area contributed by atoms with E-state index in [4.69, 9.17) is 16.3 Å². The first-order valence-corrected chi connectivity index (χ1v) is 6.88. The molecule has 1 aromatic carbocycles. The van der Waals surface area contributed by atoms with Gasteiger partial charge in [0.2, 0.25) is 0 Å². The van der Waals surface area contributed by atoms with Crippen molar-refractivity contribution in [2.24, 2.45) is 5.92 Å². The van der Waals surface area contributed by atoms with E-state index in [1.807, 2.05) is 6.07 Å². The molecule has 0 N–H and O–H groups in total. The van der Waals surface area contributed by atoms with E-state index in [9.17, 15) is 0 Å². The normalized spacial score (nSPS) is 24.7. The molecule has 0 aromatic heterocycles. The van der Waals surface area contributed by atoms with Crippen LogP contribution in [0.1, 0.15) is 24.8 Å². The van der Waals surface area contributed by atoms with Crippen LogP contribution in [-0.4, -0.2) is 12.5 Å². The predicted molar refractivity (Wildman–Crippen MR) is 71.4 cm³/mol. The molecule has 88 valence electrons. The molecule has 1 saturated carbocycles. The molecule has 0 radical (unpaired) electrons. The van der Waals surface area contributed by atoms with Gasteiger partial charge in [-0.3, -0.25) is 0 Å². The van der Waals surface area contributed by atoms with Crippen LogP contribution in [0, 0.1) is 5.92 Å². The molecule has 16 heavy (non-hydrogen) atoms. The van der Waals surface area contributed by atoms with Gasteiger partial charge in [0, 0.05) is 5.38 Å². The first kappa shape index (κ1) is 12.3. The fourth-order valence-electron chi connectivity index (χ4n) is 2.37. The van der Waals surface area contributed by atoms with Gasteiger partial charge in [0.15, 0.2) is 0 Å². The smallest absolute Gasteiger partial charge is 0.133 e. The predicted octanol–water partition coefficient (Wildman–Crippen LogP) is 4.41. The van der Waals surface area contributed by atoms with Crippen molar-refractivity contribution < 1.29 is 4.74 Å². The number of alkyl halides is 1. The Labute approximate surface area is 110 Å². The van der Waals surface area contributed by atoms with Crippen LogP contribution in [0.25, 0.3) is 0 Å². The third kappa shape index (κ3) is 2.92. The van der Waals surface area contributed by atoms with E-state index in [-0.39, 0.29) is 0 Å². The van der Waals surface area contributed by atoms with E-state index in [1.165, 1.54) is 18.4 Å². The zero-order valence-corrected chi connectivity index (χ0v) is 11.7. The van der Waals surface area contributed by atoms with Crippen molar-refractivity contribution in [1.82, 2.24) is 0 Å². The summed E-state index contributed by atoms with van der Waals surface area (Å²) in [5.74, 6) is 1.65. The van der Waals surface area contributed by atoms with Gasteiger partial charge < -0.3 is 4.74 Å². The monoisotopic (exact) mass is 302 g/mol. The fourth-order valence-corrected chi connectivity index (χ4v) is 3.34. The molecule has 2 unspecified atom stereocenters. The molecule has 1 aromatic rings. The Hall–Kier alpha value is -0.210. The van der Waals surface area contributed by atoms with Crippen LogP contribution in [0.3, 0.4) is 0 Å². The van der Waals surface area contributed by atoms with Crippen molar-refractivity contribution in [2.75, 3.05) is 7.11 Å². The van der Waals surface area contributed by atoms with Crippen molar-refractivity contribution >= 4 is 27.5 Å². The molecule has 2 rings (SSSR count). The molecule has 0 amide bonds. The number of methoxy groups -OCH3 is 1. The minimum absolute atomic E-state index is 0.395. The van der Waals surface area contributed by atoms with E-state index in [0.717, 1.165) is 29.0 Å². The average Bonchev–Trinajstić information content (AvgIpc) is 2.64. The summed E-state index contributed by atoms with van der Waals surface area (Å²) >= 11 is 9.64. The second-order valence-electron chi connectivity index (χ2n) is 4.45. The molecule has 2 atom stereocenters. The summed E-state index contributed by atoms with van der Waals surface area (Å²) < 4.78 is 6.25. The Bertz CT molecular complexity index is 367. The van der Waals surface area contributed by atoms with Crippen molar-refractivity contribution in [3.05, 3.63) is 28.2 Å². The first-order chi connectivity index (χ1) is 7.69. The van der Waals surface area contributed by atoms with Crippen LogP contribution in [-0.2, 0) is 6.42 Å². The molecule has 0 bridgehead atoms. The van der Waals surface area contributed by atoms with Gasteiger partial charge in [-0.25, -0.2) is 0 Å². The van der Waals surface area contributed by atoms with Crippen molar-refractivity contribution in [3.63, 3.8) is 0 Å². The quantitative estimate of drug-likeness (QED) is 0.752. The Morgan fingerprint density at radius 1 is 1.44 bits per heavy atom. The van der Waals surface area contributed by atoms with Gasteiger partial charge in [-0.2, -0.15) is 0 Å². The number of halogens is 2. The maximum absolute atomic E-state index is 6.12. The van der Waals surface area contributed by atoms with Crippen molar-refractivity contribution in [3.8, 4) is 5.75 Å². The van der Waals surface area contributed by atoms with Gasteiger partial charge in [-0.1, -0.05) is 6.07 Å². The standard InChI is InChI=1S/C13H16BrClO/c1-16-13-5-3-10(8-12(13)14)6-9-2-4-11(15)7-9/h3,5,8-9,11H,2,4,6-7H2,1H3. The molecule has 1 aliphatic rings. The minimum Gasteiger partial charge on any atom is -0.496 e. The van der Waals surface area contributed by atoms with E-state index < -0.39 is 0 Å². The topological polar surface area (TPSA) is 9.23 Å². The number of hydrogen-bond acceptors (Lipinski definition) is 1. The van der Waals surface area contributed by atoms with E-state index in [2.05, 4.69) is 28.1 Å². The molecule has 1 nitrogen and oxygen atoms in total. The van der Waals surface area contributed by atoms with Crippen LogP contribution >= 0.6 is 27.5 Å². The molecular weight excluding hydrogens is 287 g/mol. The lowest BCUT2D eigenvalue weighted by atomic mass is 9.98. The minimum atomic E-state index is 0.395. The molecule has 0 aliphatic heterocycles. The number of benzene rings is 1. The number of ether oxygens (including phenoxy) is 1. The molecule has 1 fully saturated rings. The Kier molecular flexibility index (Phi) is 4.15.